The van der Waals surface area contributed by atoms with Gasteiger partial charge >= 0.3 is 0 Å². The molecule has 118 valence electrons. The van der Waals surface area contributed by atoms with Crippen LogP contribution in [0.1, 0.15) is 51.6 Å². The zero-order valence-corrected chi connectivity index (χ0v) is 13.2. The van der Waals surface area contributed by atoms with Gasteiger partial charge in [-0.25, -0.2) is 8.78 Å². The van der Waals surface area contributed by atoms with Crippen LogP contribution in [0.4, 0.5) is 8.78 Å². The second-order valence-corrected chi connectivity index (χ2v) is 6.28. The predicted molar refractivity (Wildman–Crippen MR) is 82.3 cm³/mol. The van der Waals surface area contributed by atoms with Gasteiger partial charge in [0.1, 0.15) is 11.6 Å². The highest BCUT2D eigenvalue weighted by molar-refractivity contribution is 5.22. The van der Waals surface area contributed by atoms with E-state index in [1.54, 1.807) is 0 Å². The Hall–Kier alpha value is -1.00. The fourth-order valence-corrected chi connectivity index (χ4v) is 3.16. The number of halogens is 2. The van der Waals surface area contributed by atoms with Crippen molar-refractivity contribution in [2.75, 3.05) is 13.1 Å². The number of benzene rings is 1. The van der Waals surface area contributed by atoms with Crippen molar-refractivity contribution in [3.05, 3.63) is 35.4 Å². The monoisotopic (exact) mass is 296 g/mol. The van der Waals surface area contributed by atoms with Gasteiger partial charge < -0.3 is 5.32 Å². The van der Waals surface area contributed by atoms with Gasteiger partial charge in [-0.2, -0.15) is 0 Å². The quantitative estimate of drug-likeness (QED) is 0.887. The van der Waals surface area contributed by atoms with E-state index >= 15 is 0 Å². The van der Waals surface area contributed by atoms with Crippen LogP contribution < -0.4 is 5.32 Å². The van der Waals surface area contributed by atoms with Crippen molar-refractivity contribution in [1.29, 1.82) is 0 Å². The minimum absolute atomic E-state index is 0.135. The SMILES string of the molecule is CC(C)N(CC1CCCCN1)C(C)c1cc(F)ccc1F. The topological polar surface area (TPSA) is 15.3 Å². The van der Waals surface area contributed by atoms with Gasteiger partial charge in [-0.1, -0.05) is 6.42 Å². The fraction of sp³-hybridized carbons (Fsp3) is 0.647. The fourth-order valence-electron chi connectivity index (χ4n) is 3.16. The predicted octanol–water partition coefficient (Wildman–Crippen LogP) is 3.88. The van der Waals surface area contributed by atoms with E-state index in [1.807, 2.05) is 6.92 Å². The molecule has 1 fully saturated rings. The molecule has 0 bridgehead atoms. The molecule has 2 atom stereocenters. The summed E-state index contributed by atoms with van der Waals surface area (Å²) in [6, 6.07) is 4.31. The summed E-state index contributed by atoms with van der Waals surface area (Å²) in [4.78, 5) is 2.25. The molecule has 2 rings (SSSR count). The summed E-state index contributed by atoms with van der Waals surface area (Å²) in [6.07, 6.45) is 3.63. The third-order valence-electron chi connectivity index (χ3n) is 4.41. The lowest BCUT2D eigenvalue weighted by Crippen LogP contribution is -2.46. The molecule has 1 aliphatic rings. The minimum Gasteiger partial charge on any atom is -0.313 e. The number of rotatable bonds is 5. The highest BCUT2D eigenvalue weighted by Gasteiger charge is 2.25. The summed E-state index contributed by atoms with van der Waals surface area (Å²) < 4.78 is 27.4. The molecule has 1 N–H and O–H groups in total. The molecule has 0 aliphatic carbocycles. The van der Waals surface area contributed by atoms with Gasteiger partial charge in [0, 0.05) is 30.2 Å². The highest BCUT2D eigenvalue weighted by Crippen LogP contribution is 2.26. The van der Waals surface area contributed by atoms with Crippen molar-refractivity contribution < 1.29 is 8.78 Å². The van der Waals surface area contributed by atoms with Gasteiger partial charge in [0.15, 0.2) is 0 Å². The number of nitrogens with one attached hydrogen (secondary N) is 1. The molecule has 2 unspecified atom stereocenters. The average Bonchev–Trinajstić information content (AvgIpc) is 2.47. The third-order valence-corrected chi connectivity index (χ3v) is 4.41. The summed E-state index contributed by atoms with van der Waals surface area (Å²) >= 11 is 0. The van der Waals surface area contributed by atoms with Gasteiger partial charge in [-0.15, -0.1) is 0 Å². The Morgan fingerprint density at radius 3 is 2.62 bits per heavy atom. The summed E-state index contributed by atoms with van der Waals surface area (Å²) in [7, 11) is 0. The molecule has 1 aromatic carbocycles. The van der Waals surface area contributed by atoms with Crippen molar-refractivity contribution in [3.63, 3.8) is 0 Å². The highest BCUT2D eigenvalue weighted by atomic mass is 19.1. The molecule has 21 heavy (non-hydrogen) atoms. The average molecular weight is 296 g/mol. The van der Waals surface area contributed by atoms with E-state index in [4.69, 9.17) is 0 Å². The standard InChI is InChI=1S/C17H26F2N2/c1-12(2)21(11-15-6-4-5-9-20-15)13(3)16-10-14(18)7-8-17(16)19/h7-8,10,12-13,15,20H,4-6,9,11H2,1-3H3. The Labute approximate surface area is 126 Å². The van der Waals surface area contributed by atoms with Gasteiger partial charge in [-0.3, -0.25) is 4.90 Å². The van der Waals surface area contributed by atoms with Crippen molar-refractivity contribution >= 4 is 0 Å². The van der Waals surface area contributed by atoms with E-state index in [0.29, 0.717) is 11.6 Å². The molecule has 4 heteroatoms. The second-order valence-electron chi connectivity index (χ2n) is 6.28. The first-order valence-corrected chi connectivity index (χ1v) is 7.93. The van der Waals surface area contributed by atoms with E-state index in [0.717, 1.165) is 19.5 Å². The largest absolute Gasteiger partial charge is 0.313 e. The molecule has 1 saturated heterocycles. The van der Waals surface area contributed by atoms with Gasteiger partial charge in [-0.05, 0) is 58.4 Å². The Morgan fingerprint density at radius 2 is 2.00 bits per heavy atom. The van der Waals surface area contributed by atoms with Crippen LogP contribution >= 0.6 is 0 Å². The minimum atomic E-state index is -0.377. The lowest BCUT2D eigenvalue weighted by molar-refractivity contribution is 0.135. The Morgan fingerprint density at radius 1 is 1.24 bits per heavy atom. The van der Waals surface area contributed by atoms with Crippen molar-refractivity contribution in [2.45, 2.75) is 58.2 Å². The number of nitrogens with zero attached hydrogens (tertiary/aromatic N) is 1. The zero-order valence-electron chi connectivity index (χ0n) is 13.2. The molecule has 0 amide bonds. The van der Waals surface area contributed by atoms with Crippen molar-refractivity contribution in [2.24, 2.45) is 0 Å². The van der Waals surface area contributed by atoms with Crippen LogP contribution in [0.5, 0.6) is 0 Å². The molecule has 1 aliphatic heterocycles. The Bertz CT molecular complexity index is 456. The van der Waals surface area contributed by atoms with E-state index in [-0.39, 0.29) is 23.7 Å². The molecular formula is C17H26F2N2. The van der Waals surface area contributed by atoms with Crippen molar-refractivity contribution in [3.8, 4) is 0 Å². The molecule has 0 radical (unpaired) electrons. The van der Waals surface area contributed by atoms with Crippen LogP contribution in [-0.2, 0) is 0 Å². The Balaban J connectivity index is 2.14. The van der Waals surface area contributed by atoms with E-state index in [1.165, 1.54) is 31.0 Å². The van der Waals surface area contributed by atoms with E-state index in [2.05, 4.69) is 24.1 Å². The van der Waals surface area contributed by atoms with Crippen LogP contribution in [-0.4, -0.2) is 30.1 Å². The van der Waals surface area contributed by atoms with Crippen molar-refractivity contribution in [1.82, 2.24) is 10.2 Å². The van der Waals surface area contributed by atoms with Crippen LogP contribution in [0, 0.1) is 11.6 Å². The number of piperidine rings is 1. The number of hydrogen-bond acceptors (Lipinski definition) is 2. The third kappa shape index (κ3) is 4.24. The van der Waals surface area contributed by atoms with E-state index in [9.17, 15) is 8.78 Å². The molecule has 0 spiro atoms. The molecule has 2 nitrogen and oxygen atoms in total. The van der Waals surface area contributed by atoms with Crippen LogP contribution in [0.25, 0.3) is 0 Å². The molecular weight excluding hydrogens is 270 g/mol. The summed E-state index contributed by atoms with van der Waals surface area (Å²) in [6.45, 7) is 8.10. The lowest BCUT2D eigenvalue weighted by Gasteiger charge is -2.37. The van der Waals surface area contributed by atoms with Crippen LogP contribution in [0.15, 0.2) is 18.2 Å². The number of hydrogen-bond donors (Lipinski definition) is 1. The maximum absolute atomic E-state index is 14.0. The molecule has 1 aromatic rings. The molecule has 0 aromatic heterocycles. The maximum Gasteiger partial charge on any atom is 0.128 e. The second kappa shape index (κ2) is 7.32. The van der Waals surface area contributed by atoms with Gasteiger partial charge in [0.2, 0.25) is 0 Å². The van der Waals surface area contributed by atoms with Gasteiger partial charge in [0.25, 0.3) is 0 Å². The summed E-state index contributed by atoms with van der Waals surface area (Å²) in [5.74, 6) is -0.705. The van der Waals surface area contributed by atoms with Gasteiger partial charge in [0.05, 0.1) is 0 Å². The summed E-state index contributed by atoms with van der Waals surface area (Å²) in [5.41, 5.74) is 0.444. The molecule has 1 heterocycles. The van der Waals surface area contributed by atoms with Crippen LogP contribution in [0.2, 0.25) is 0 Å². The Kier molecular flexibility index (Phi) is 5.71. The lowest BCUT2D eigenvalue weighted by atomic mass is 10.00. The van der Waals surface area contributed by atoms with E-state index < -0.39 is 0 Å². The first-order valence-electron chi connectivity index (χ1n) is 7.93. The zero-order chi connectivity index (χ0) is 15.4. The first kappa shape index (κ1) is 16.4. The molecule has 0 saturated carbocycles. The summed E-state index contributed by atoms with van der Waals surface area (Å²) in [5, 5.41) is 3.53. The smallest absolute Gasteiger partial charge is 0.128 e. The first-order chi connectivity index (χ1) is 9.99. The normalized spacial score (nSPS) is 21.0. The van der Waals surface area contributed by atoms with Crippen LogP contribution in [0.3, 0.4) is 0 Å². The maximum atomic E-state index is 14.0.